The van der Waals surface area contributed by atoms with Crippen LogP contribution in [0, 0.1) is 18.6 Å². The molecule has 2 rings (SSSR count). The van der Waals surface area contributed by atoms with Crippen molar-refractivity contribution in [2.24, 2.45) is 0 Å². The number of carbonyl (C=O) groups is 1. The molecule has 0 aromatic heterocycles. The molecule has 2 aromatic carbocycles. The van der Waals surface area contributed by atoms with E-state index in [-0.39, 0.29) is 12.3 Å². The number of carbonyl (C=O) groups excluding carboxylic acids is 1. The summed E-state index contributed by atoms with van der Waals surface area (Å²) in [6.07, 6.45) is -0.0268. The van der Waals surface area contributed by atoms with Gasteiger partial charge in [-0.1, -0.05) is 6.07 Å². The second-order valence-corrected chi connectivity index (χ2v) is 4.55. The molecule has 20 heavy (non-hydrogen) atoms. The van der Waals surface area contributed by atoms with E-state index in [2.05, 4.69) is 5.32 Å². The highest BCUT2D eigenvalue weighted by Gasteiger charge is 2.08. The maximum absolute atomic E-state index is 13.0. The van der Waals surface area contributed by atoms with Crippen LogP contribution < -0.4 is 11.1 Å². The third-order valence-corrected chi connectivity index (χ3v) is 2.87. The number of aryl methyl sites for hydroxylation is 1. The molecule has 0 fully saturated rings. The highest BCUT2D eigenvalue weighted by Crippen LogP contribution is 2.18. The van der Waals surface area contributed by atoms with Crippen molar-refractivity contribution < 1.29 is 13.6 Å². The van der Waals surface area contributed by atoms with Gasteiger partial charge in [-0.05, 0) is 48.4 Å². The molecule has 3 N–H and O–H groups in total. The van der Waals surface area contributed by atoms with E-state index in [4.69, 9.17) is 5.73 Å². The standard InChI is InChI=1S/C15H14F2N2O/c1-9-6-11(18)3-5-14(9)19-15(20)8-10-2-4-12(16)13(17)7-10/h2-7H,8,18H2,1H3,(H,19,20). The van der Waals surface area contributed by atoms with Gasteiger partial charge in [0.1, 0.15) is 0 Å². The monoisotopic (exact) mass is 276 g/mol. The predicted octanol–water partition coefficient (Wildman–Crippen LogP) is 3.04. The number of halogens is 2. The number of hydrogen-bond acceptors (Lipinski definition) is 2. The first-order chi connectivity index (χ1) is 9.45. The van der Waals surface area contributed by atoms with Crippen LogP contribution in [0.25, 0.3) is 0 Å². The third-order valence-electron chi connectivity index (χ3n) is 2.87. The Bertz CT molecular complexity index is 656. The summed E-state index contributed by atoms with van der Waals surface area (Å²) in [6.45, 7) is 1.82. The van der Waals surface area contributed by atoms with Crippen molar-refractivity contribution in [3.05, 3.63) is 59.2 Å². The quantitative estimate of drug-likeness (QED) is 0.847. The van der Waals surface area contributed by atoms with Crippen LogP contribution in [0.1, 0.15) is 11.1 Å². The van der Waals surface area contributed by atoms with E-state index >= 15 is 0 Å². The van der Waals surface area contributed by atoms with E-state index in [0.717, 1.165) is 17.7 Å². The molecule has 0 atom stereocenters. The molecule has 3 nitrogen and oxygen atoms in total. The number of amides is 1. The molecular formula is C15H14F2N2O. The summed E-state index contributed by atoms with van der Waals surface area (Å²) in [5.74, 6) is -2.19. The molecule has 1 amide bonds. The van der Waals surface area contributed by atoms with Crippen molar-refractivity contribution in [1.82, 2.24) is 0 Å². The number of hydrogen-bond donors (Lipinski definition) is 2. The van der Waals surface area contributed by atoms with Crippen LogP contribution in [-0.2, 0) is 11.2 Å². The lowest BCUT2D eigenvalue weighted by Crippen LogP contribution is -2.15. The van der Waals surface area contributed by atoms with E-state index in [0.29, 0.717) is 16.9 Å². The Morgan fingerprint density at radius 3 is 2.55 bits per heavy atom. The molecule has 0 saturated carbocycles. The van der Waals surface area contributed by atoms with Gasteiger partial charge in [-0.2, -0.15) is 0 Å². The lowest BCUT2D eigenvalue weighted by Gasteiger charge is -2.09. The Morgan fingerprint density at radius 1 is 1.15 bits per heavy atom. The Balaban J connectivity index is 2.07. The minimum Gasteiger partial charge on any atom is -0.399 e. The van der Waals surface area contributed by atoms with Gasteiger partial charge in [-0.3, -0.25) is 4.79 Å². The Morgan fingerprint density at radius 2 is 1.90 bits per heavy atom. The summed E-state index contributed by atoms with van der Waals surface area (Å²) in [6, 6.07) is 8.53. The summed E-state index contributed by atoms with van der Waals surface area (Å²) in [5, 5.41) is 2.71. The predicted molar refractivity (Wildman–Crippen MR) is 74.3 cm³/mol. The molecule has 0 aliphatic rings. The number of nitrogen functional groups attached to an aromatic ring is 1. The Kier molecular flexibility index (Phi) is 3.98. The minimum atomic E-state index is -0.959. The van der Waals surface area contributed by atoms with Crippen LogP contribution >= 0.6 is 0 Å². The van der Waals surface area contributed by atoms with Gasteiger partial charge in [0.15, 0.2) is 11.6 Å². The zero-order chi connectivity index (χ0) is 14.7. The second kappa shape index (κ2) is 5.69. The summed E-state index contributed by atoms with van der Waals surface area (Å²) in [7, 11) is 0. The normalized spacial score (nSPS) is 10.3. The molecule has 104 valence electrons. The smallest absolute Gasteiger partial charge is 0.228 e. The zero-order valence-electron chi connectivity index (χ0n) is 10.9. The van der Waals surface area contributed by atoms with Crippen molar-refractivity contribution in [3.8, 4) is 0 Å². The first kappa shape index (κ1) is 14.0. The molecule has 0 spiro atoms. The molecular weight excluding hydrogens is 262 g/mol. The Hall–Kier alpha value is -2.43. The maximum Gasteiger partial charge on any atom is 0.228 e. The molecule has 0 saturated heterocycles. The van der Waals surface area contributed by atoms with Crippen molar-refractivity contribution in [2.45, 2.75) is 13.3 Å². The third kappa shape index (κ3) is 3.32. The molecule has 5 heteroatoms. The van der Waals surface area contributed by atoms with Crippen LogP contribution in [-0.4, -0.2) is 5.91 Å². The van der Waals surface area contributed by atoms with Crippen LogP contribution in [0.5, 0.6) is 0 Å². The fourth-order valence-electron chi connectivity index (χ4n) is 1.86. The SMILES string of the molecule is Cc1cc(N)ccc1NC(=O)Cc1ccc(F)c(F)c1. The van der Waals surface area contributed by atoms with Gasteiger partial charge >= 0.3 is 0 Å². The van der Waals surface area contributed by atoms with E-state index < -0.39 is 11.6 Å². The minimum absolute atomic E-state index is 0.0268. The first-order valence-corrected chi connectivity index (χ1v) is 6.05. The fraction of sp³-hybridized carbons (Fsp3) is 0.133. The van der Waals surface area contributed by atoms with E-state index in [1.807, 2.05) is 6.92 Å². The lowest BCUT2D eigenvalue weighted by molar-refractivity contribution is -0.115. The maximum atomic E-state index is 13.0. The van der Waals surface area contributed by atoms with Crippen molar-refractivity contribution in [3.63, 3.8) is 0 Å². The van der Waals surface area contributed by atoms with E-state index in [9.17, 15) is 13.6 Å². The van der Waals surface area contributed by atoms with Crippen LogP contribution in [0.4, 0.5) is 20.2 Å². The van der Waals surface area contributed by atoms with E-state index in [1.54, 1.807) is 18.2 Å². The number of nitrogens with one attached hydrogen (secondary N) is 1. The van der Waals surface area contributed by atoms with Gasteiger partial charge in [0.2, 0.25) is 5.91 Å². The molecule has 0 radical (unpaired) electrons. The van der Waals surface area contributed by atoms with Gasteiger partial charge in [0.25, 0.3) is 0 Å². The van der Waals surface area contributed by atoms with Crippen molar-refractivity contribution >= 4 is 17.3 Å². The van der Waals surface area contributed by atoms with Gasteiger partial charge in [-0.25, -0.2) is 8.78 Å². The number of nitrogens with two attached hydrogens (primary N) is 1. The number of anilines is 2. The van der Waals surface area contributed by atoms with Crippen LogP contribution in [0.3, 0.4) is 0 Å². The van der Waals surface area contributed by atoms with Gasteiger partial charge in [0.05, 0.1) is 6.42 Å². The molecule has 0 bridgehead atoms. The van der Waals surface area contributed by atoms with Gasteiger partial charge in [0, 0.05) is 11.4 Å². The van der Waals surface area contributed by atoms with Crippen molar-refractivity contribution in [2.75, 3.05) is 11.1 Å². The lowest BCUT2D eigenvalue weighted by atomic mass is 10.1. The molecule has 0 heterocycles. The molecule has 0 aliphatic carbocycles. The fourth-order valence-corrected chi connectivity index (χ4v) is 1.86. The molecule has 0 unspecified atom stereocenters. The molecule has 0 aliphatic heterocycles. The first-order valence-electron chi connectivity index (χ1n) is 6.05. The average molecular weight is 276 g/mol. The second-order valence-electron chi connectivity index (χ2n) is 4.55. The highest BCUT2D eigenvalue weighted by molar-refractivity contribution is 5.93. The summed E-state index contributed by atoms with van der Waals surface area (Å²) in [4.78, 5) is 11.9. The molecule has 2 aromatic rings. The number of rotatable bonds is 3. The van der Waals surface area contributed by atoms with Crippen LogP contribution in [0.2, 0.25) is 0 Å². The summed E-state index contributed by atoms with van der Waals surface area (Å²) in [5.41, 5.74) is 8.13. The van der Waals surface area contributed by atoms with Gasteiger partial charge in [-0.15, -0.1) is 0 Å². The largest absolute Gasteiger partial charge is 0.399 e. The summed E-state index contributed by atoms with van der Waals surface area (Å²) >= 11 is 0. The highest BCUT2D eigenvalue weighted by atomic mass is 19.2. The topological polar surface area (TPSA) is 55.1 Å². The number of benzene rings is 2. The average Bonchev–Trinajstić information content (AvgIpc) is 2.37. The zero-order valence-corrected chi connectivity index (χ0v) is 10.9. The van der Waals surface area contributed by atoms with E-state index in [1.165, 1.54) is 6.07 Å². The van der Waals surface area contributed by atoms with Crippen LogP contribution in [0.15, 0.2) is 36.4 Å². The Labute approximate surface area is 115 Å². The van der Waals surface area contributed by atoms with Gasteiger partial charge < -0.3 is 11.1 Å². The van der Waals surface area contributed by atoms with Crippen molar-refractivity contribution in [1.29, 1.82) is 0 Å². The summed E-state index contributed by atoms with van der Waals surface area (Å²) < 4.78 is 25.8.